The fraction of sp³-hybridized carbons (Fsp3) is 0.364. The van der Waals surface area contributed by atoms with Gasteiger partial charge in [-0.15, -0.1) is 0 Å². The molecule has 5 heteroatoms. The van der Waals surface area contributed by atoms with Crippen LogP contribution < -0.4 is 15.4 Å². The highest BCUT2D eigenvalue weighted by Gasteiger charge is 2.26. The molecule has 0 radical (unpaired) electrons. The summed E-state index contributed by atoms with van der Waals surface area (Å²) in [5.74, 6) is 0.302. The van der Waals surface area contributed by atoms with E-state index in [2.05, 4.69) is 15.4 Å². The summed E-state index contributed by atoms with van der Waals surface area (Å²) in [5.41, 5.74) is 1.87. The van der Waals surface area contributed by atoms with Gasteiger partial charge < -0.3 is 20.1 Å². The number of hydrogen-bond acceptors (Lipinski definition) is 5. The van der Waals surface area contributed by atoms with Crippen molar-refractivity contribution in [3.05, 3.63) is 18.2 Å². The summed E-state index contributed by atoms with van der Waals surface area (Å²) < 4.78 is 10.2. The van der Waals surface area contributed by atoms with Crippen LogP contribution in [-0.4, -0.2) is 32.8 Å². The molecule has 0 saturated carbocycles. The highest BCUT2D eigenvalue weighted by molar-refractivity contribution is 5.78. The average Bonchev–Trinajstić information content (AvgIpc) is 2.36. The zero-order chi connectivity index (χ0) is 11.5. The summed E-state index contributed by atoms with van der Waals surface area (Å²) in [5, 5.41) is 6.17. The van der Waals surface area contributed by atoms with Crippen LogP contribution in [0.2, 0.25) is 0 Å². The Hall–Kier alpha value is -1.91. The molecule has 1 heterocycles. The molecule has 0 amide bonds. The van der Waals surface area contributed by atoms with E-state index in [4.69, 9.17) is 4.74 Å². The SMILES string of the molecule is CNc1ccc2c(c1)NCC(C(=O)OC)O2. The van der Waals surface area contributed by atoms with Crippen LogP contribution in [0.3, 0.4) is 0 Å². The Kier molecular flexibility index (Phi) is 2.85. The summed E-state index contributed by atoms with van der Waals surface area (Å²) in [6, 6.07) is 5.65. The molecule has 2 N–H and O–H groups in total. The fourth-order valence-electron chi connectivity index (χ4n) is 1.59. The number of ether oxygens (including phenoxy) is 2. The molecule has 1 atom stereocenters. The Morgan fingerprint density at radius 1 is 1.62 bits per heavy atom. The number of rotatable bonds is 2. The van der Waals surface area contributed by atoms with Gasteiger partial charge in [-0.2, -0.15) is 0 Å². The molecule has 5 nitrogen and oxygen atoms in total. The Morgan fingerprint density at radius 2 is 2.44 bits per heavy atom. The molecule has 1 aromatic carbocycles. The van der Waals surface area contributed by atoms with Crippen molar-refractivity contribution in [3.63, 3.8) is 0 Å². The van der Waals surface area contributed by atoms with E-state index < -0.39 is 6.10 Å². The Labute approximate surface area is 93.7 Å². The normalized spacial score (nSPS) is 17.8. The van der Waals surface area contributed by atoms with Crippen molar-refractivity contribution in [1.29, 1.82) is 0 Å². The molecule has 86 valence electrons. The van der Waals surface area contributed by atoms with Crippen LogP contribution >= 0.6 is 0 Å². The minimum atomic E-state index is -0.571. The minimum Gasteiger partial charge on any atom is -0.475 e. The van der Waals surface area contributed by atoms with E-state index in [9.17, 15) is 4.79 Å². The lowest BCUT2D eigenvalue weighted by Gasteiger charge is -2.25. The number of carbonyl (C=O) groups excluding carboxylic acids is 1. The van der Waals surface area contributed by atoms with Gasteiger partial charge in [0.05, 0.1) is 19.3 Å². The first-order valence-electron chi connectivity index (χ1n) is 5.04. The summed E-state index contributed by atoms with van der Waals surface area (Å²) in [7, 11) is 3.20. The predicted octanol–water partition coefficient (Wildman–Crippen LogP) is 1.07. The van der Waals surface area contributed by atoms with Gasteiger partial charge >= 0.3 is 5.97 Å². The third-order valence-electron chi connectivity index (χ3n) is 2.48. The predicted molar refractivity (Wildman–Crippen MR) is 60.9 cm³/mol. The average molecular weight is 222 g/mol. The lowest BCUT2D eigenvalue weighted by molar-refractivity contribution is -0.148. The second-order valence-electron chi connectivity index (χ2n) is 3.47. The van der Waals surface area contributed by atoms with Crippen molar-refractivity contribution in [3.8, 4) is 5.75 Å². The van der Waals surface area contributed by atoms with Crippen molar-refractivity contribution in [1.82, 2.24) is 0 Å². The van der Waals surface area contributed by atoms with Gasteiger partial charge in [-0.05, 0) is 18.2 Å². The van der Waals surface area contributed by atoms with E-state index in [1.54, 1.807) is 0 Å². The molecule has 0 bridgehead atoms. The van der Waals surface area contributed by atoms with Gasteiger partial charge in [-0.25, -0.2) is 4.79 Å². The molecule has 0 saturated heterocycles. The molecule has 16 heavy (non-hydrogen) atoms. The molecular formula is C11H14N2O3. The number of nitrogens with one attached hydrogen (secondary N) is 2. The number of benzene rings is 1. The highest BCUT2D eigenvalue weighted by Crippen LogP contribution is 2.31. The van der Waals surface area contributed by atoms with Crippen LogP contribution in [-0.2, 0) is 9.53 Å². The van der Waals surface area contributed by atoms with E-state index in [0.29, 0.717) is 12.3 Å². The van der Waals surface area contributed by atoms with Crippen molar-refractivity contribution in [2.75, 3.05) is 31.3 Å². The molecular weight excluding hydrogens is 208 g/mol. The zero-order valence-corrected chi connectivity index (χ0v) is 9.24. The maximum Gasteiger partial charge on any atom is 0.348 e. The van der Waals surface area contributed by atoms with Crippen LogP contribution in [0.4, 0.5) is 11.4 Å². The van der Waals surface area contributed by atoms with Crippen LogP contribution in [0.5, 0.6) is 5.75 Å². The molecule has 0 aliphatic carbocycles. The molecule has 0 spiro atoms. The lowest BCUT2D eigenvalue weighted by Crippen LogP contribution is -2.38. The van der Waals surface area contributed by atoms with Crippen LogP contribution in [0.25, 0.3) is 0 Å². The van der Waals surface area contributed by atoms with E-state index >= 15 is 0 Å². The Morgan fingerprint density at radius 3 is 3.12 bits per heavy atom. The second kappa shape index (κ2) is 4.30. The Balaban J connectivity index is 2.18. The molecule has 0 fully saturated rings. The molecule has 1 aliphatic heterocycles. The van der Waals surface area contributed by atoms with Crippen molar-refractivity contribution >= 4 is 17.3 Å². The minimum absolute atomic E-state index is 0.365. The molecule has 1 aromatic rings. The number of methoxy groups -OCH3 is 1. The first-order valence-corrected chi connectivity index (χ1v) is 5.04. The largest absolute Gasteiger partial charge is 0.475 e. The van der Waals surface area contributed by atoms with Gasteiger partial charge in [0.25, 0.3) is 0 Å². The van der Waals surface area contributed by atoms with Gasteiger partial charge in [0, 0.05) is 12.7 Å². The lowest BCUT2D eigenvalue weighted by atomic mass is 10.2. The van der Waals surface area contributed by atoms with Gasteiger partial charge in [0.2, 0.25) is 6.10 Å². The van der Waals surface area contributed by atoms with Crippen LogP contribution in [0, 0.1) is 0 Å². The monoisotopic (exact) mass is 222 g/mol. The first-order chi connectivity index (χ1) is 7.74. The quantitative estimate of drug-likeness (QED) is 0.733. The number of anilines is 2. The van der Waals surface area contributed by atoms with Crippen LogP contribution in [0.15, 0.2) is 18.2 Å². The summed E-state index contributed by atoms with van der Waals surface area (Å²) >= 11 is 0. The number of fused-ring (bicyclic) bond motifs is 1. The third-order valence-corrected chi connectivity index (χ3v) is 2.48. The zero-order valence-electron chi connectivity index (χ0n) is 9.24. The summed E-state index contributed by atoms with van der Waals surface area (Å²) in [6.45, 7) is 0.423. The smallest absolute Gasteiger partial charge is 0.348 e. The van der Waals surface area contributed by atoms with Crippen molar-refractivity contribution in [2.24, 2.45) is 0 Å². The standard InChI is InChI=1S/C11H14N2O3/c1-12-7-3-4-9-8(5-7)13-6-10(16-9)11(14)15-2/h3-5,10,12-13H,6H2,1-2H3. The van der Waals surface area contributed by atoms with E-state index in [-0.39, 0.29) is 5.97 Å². The third kappa shape index (κ3) is 1.88. The van der Waals surface area contributed by atoms with Gasteiger partial charge in [-0.3, -0.25) is 0 Å². The van der Waals surface area contributed by atoms with Crippen molar-refractivity contribution < 1.29 is 14.3 Å². The number of carbonyl (C=O) groups is 1. The second-order valence-corrected chi connectivity index (χ2v) is 3.47. The van der Waals surface area contributed by atoms with E-state index in [1.165, 1.54) is 7.11 Å². The highest BCUT2D eigenvalue weighted by atomic mass is 16.6. The van der Waals surface area contributed by atoms with Gasteiger partial charge in [0.1, 0.15) is 5.75 Å². The fourth-order valence-corrected chi connectivity index (χ4v) is 1.59. The van der Waals surface area contributed by atoms with Gasteiger partial charge in [0.15, 0.2) is 0 Å². The topological polar surface area (TPSA) is 59.6 Å². The summed E-state index contributed by atoms with van der Waals surface area (Å²) in [6.07, 6.45) is -0.571. The first kappa shape index (κ1) is 10.6. The van der Waals surface area contributed by atoms with E-state index in [0.717, 1.165) is 11.4 Å². The number of esters is 1. The van der Waals surface area contributed by atoms with Gasteiger partial charge in [-0.1, -0.05) is 0 Å². The molecule has 2 rings (SSSR count). The van der Waals surface area contributed by atoms with E-state index in [1.807, 2.05) is 25.2 Å². The van der Waals surface area contributed by atoms with Crippen LogP contribution in [0.1, 0.15) is 0 Å². The molecule has 0 aromatic heterocycles. The Bertz CT molecular complexity index is 406. The maximum absolute atomic E-state index is 11.3. The molecule has 1 unspecified atom stereocenters. The summed E-state index contributed by atoms with van der Waals surface area (Å²) in [4.78, 5) is 11.3. The van der Waals surface area contributed by atoms with Crippen molar-refractivity contribution in [2.45, 2.75) is 6.10 Å². The number of hydrogen-bond donors (Lipinski definition) is 2. The maximum atomic E-state index is 11.3. The molecule has 1 aliphatic rings.